The van der Waals surface area contributed by atoms with Gasteiger partial charge in [-0.1, -0.05) is 30.3 Å². The molecule has 0 aliphatic carbocycles. The molecule has 1 unspecified atom stereocenters. The van der Waals surface area contributed by atoms with Gasteiger partial charge in [0.2, 0.25) is 0 Å². The van der Waals surface area contributed by atoms with Crippen molar-refractivity contribution in [3.05, 3.63) is 48.5 Å². The molecule has 2 aromatic heterocycles. The molecule has 1 fully saturated rings. The van der Waals surface area contributed by atoms with Crippen LogP contribution >= 0.6 is 0 Å². The number of aromatic nitrogens is 4. The Kier molecular flexibility index (Phi) is 4.51. The first kappa shape index (κ1) is 16.9. The molecule has 26 heavy (non-hydrogen) atoms. The van der Waals surface area contributed by atoms with E-state index in [4.69, 9.17) is 4.74 Å². The summed E-state index contributed by atoms with van der Waals surface area (Å²) in [5.41, 5.74) is 2.09. The molecule has 4 atom stereocenters. The van der Waals surface area contributed by atoms with Crippen molar-refractivity contribution in [2.24, 2.45) is 0 Å². The molecule has 0 bridgehead atoms. The SMILES string of the molecule is OC[C@H]1O[C@H](n2cnc3c(NCc4ccccc4)ncnc32)C(O)[C@@H]1O. The standard InChI is InChI=1S/C17H19N5O4/c23-7-11-13(24)14(25)17(26-11)22-9-21-12-15(19-8-20-16(12)22)18-6-10-4-2-1-3-5-10/h1-5,8-9,11,13-14,17,23-25H,6-7H2,(H,18,19,20)/t11-,13-,14?,17+/m1/s1. The zero-order chi connectivity index (χ0) is 18.1. The van der Waals surface area contributed by atoms with Gasteiger partial charge in [-0.25, -0.2) is 15.0 Å². The van der Waals surface area contributed by atoms with Crippen LogP contribution in [0.3, 0.4) is 0 Å². The number of nitrogens with zero attached hydrogens (tertiary/aromatic N) is 4. The molecule has 3 heterocycles. The van der Waals surface area contributed by atoms with Crippen molar-refractivity contribution in [1.82, 2.24) is 19.5 Å². The molecule has 9 heteroatoms. The van der Waals surface area contributed by atoms with Gasteiger partial charge in [0.05, 0.1) is 12.9 Å². The summed E-state index contributed by atoms with van der Waals surface area (Å²) in [6.07, 6.45) is -1.24. The van der Waals surface area contributed by atoms with Crippen molar-refractivity contribution in [3.63, 3.8) is 0 Å². The zero-order valence-corrected chi connectivity index (χ0v) is 13.8. The quantitative estimate of drug-likeness (QED) is 0.505. The van der Waals surface area contributed by atoms with E-state index < -0.39 is 24.5 Å². The van der Waals surface area contributed by atoms with Gasteiger partial charge in [0.15, 0.2) is 23.2 Å². The van der Waals surface area contributed by atoms with Gasteiger partial charge in [0.25, 0.3) is 0 Å². The van der Waals surface area contributed by atoms with Crippen molar-refractivity contribution >= 4 is 17.0 Å². The van der Waals surface area contributed by atoms with Gasteiger partial charge in [0, 0.05) is 6.54 Å². The third kappa shape index (κ3) is 2.90. The van der Waals surface area contributed by atoms with Gasteiger partial charge in [-0.05, 0) is 5.56 Å². The van der Waals surface area contributed by atoms with E-state index in [1.165, 1.54) is 17.2 Å². The lowest BCUT2D eigenvalue weighted by atomic mass is 10.1. The predicted octanol–water partition coefficient (Wildman–Crippen LogP) is 0.0499. The number of aliphatic hydroxyl groups is 3. The summed E-state index contributed by atoms with van der Waals surface area (Å²) in [7, 11) is 0. The lowest BCUT2D eigenvalue weighted by Gasteiger charge is -2.16. The number of aliphatic hydroxyl groups excluding tert-OH is 3. The molecule has 4 rings (SSSR count). The first-order chi connectivity index (χ1) is 12.7. The molecule has 3 aromatic rings. The van der Waals surface area contributed by atoms with Gasteiger partial charge >= 0.3 is 0 Å². The Balaban J connectivity index is 1.61. The van der Waals surface area contributed by atoms with Gasteiger partial charge in [-0.15, -0.1) is 0 Å². The Labute approximate surface area is 148 Å². The van der Waals surface area contributed by atoms with E-state index in [2.05, 4.69) is 20.3 Å². The molecule has 0 spiro atoms. The minimum absolute atomic E-state index is 0.389. The number of anilines is 1. The number of fused-ring (bicyclic) bond motifs is 1. The number of imidazole rings is 1. The number of benzene rings is 1. The lowest BCUT2D eigenvalue weighted by Crippen LogP contribution is -2.33. The Morgan fingerprint density at radius 1 is 1.08 bits per heavy atom. The van der Waals surface area contributed by atoms with E-state index in [0.717, 1.165) is 5.56 Å². The summed E-state index contributed by atoms with van der Waals surface area (Å²) in [4.78, 5) is 12.8. The van der Waals surface area contributed by atoms with Crippen molar-refractivity contribution in [3.8, 4) is 0 Å². The first-order valence-corrected chi connectivity index (χ1v) is 8.27. The molecule has 1 aromatic carbocycles. The van der Waals surface area contributed by atoms with E-state index >= 15 is 0 Å². The van der Waals surface area contributed by atoms with Crippen LogP contribution in [0.4, 0.5) is 5.82 Å². The minimum atomic E-state index is -1.19. The predicted molar refractivity (Wildman–Crippen MR) is 92.1 cm³/mol. The maximum absolute atomic E-state index is 10.2. The topological polar surface area (TPSA) is 126 Å². The third-order valence-electron chi connectivity index (χ3n) is 4.45. The molecule has 136 valence electrons. The lowest BCUT2D eigenvalue weighted by molar-refractivity contribution is -0.0511. The Hall–Kier alpha value is -2.59. The average molecular weight is 357 g/mol. The Morgan fingerprint density at radius 2 is 1.88 bits per heavy atom. The molecule has 9 nitrogen and oxygen atoms in total. The summed E-state index contributed by atoms with van der Waals surface area (Å²) in [6, 6.07) is 9.88. The van der Waals surface area contributed by atoms with E-state index in [1.54, 1.807) is 0 Å². The monoisotopic (exact) mass is 357 g/mol. The molecule has 1 aliphatic rings. The highest BCUT2D eigenvalue weighted by Crippen LogP contribution is 2.32. The van der Waals surface area contributed by atoms with Gasteiger partial charge in [-0.2, -0.15) is 0 Å². The largest absolute Gasteiger partial charge is 0.394 e. The number of nitrogens with one attached hydrogen (secondary N) is 1. The fourth-order valence-electron chi connectivity index (χ4n) is 3.06. The van der Waals surface area contributed by atoms with Gasteiger partial charge in [-0.3, -0.25) is 4.57 Å². The fourth-order valence-corrected chi connectivity index (χ4v) is 3.06. The molecule has 0 amide bonds. The van der Waals surface area contributed by atoms with Gasteiger partial charge in [0.1, 0.15) is 24.6 Å². The highest BCUT2D eigenvalue weighted by atomic mass is 16.6. The fraction of sp³-hybridized carbons (Fsp3) is 0.353. The summed E-state index contributed by atoms with van der Waals surface area (Å²) in [5, 5.41) is 32.6. The Bertz CT molecular complexity index is 887. The molecule has 0 saturated carbocycles. The summed E-state index contributed by atoms with van der Waals surface area (Å²) >= 11 is 0. The van der Waals surface area contributed by atoms with E-state index in [1.807, 2.05) is 30.3 Å². The summed E-state index contributed by atoms with van der Waals surface area (Å²) in [5.74, 6) is 0.560. The van der Waals surface area contributed by atoms with E-state index in [-0.39, 0.29) is 6.61 Å². The van der Waals surface area contributed by atoms with Crippen LogP contribution in [0.5, 0.6) is 0 Å². The molecular formula is C17H19N5O4. The van der Waals surface area contributed by atoms with Crippen LogP contribution in [0, 0.1) is 0 Å². The highest BCUT2D eigenvalue weighted by molar-refractivity contribution is 5.82. The van der Waals surface area contributed by atoms with E-state index in [0.29, 0.717) is 23.5 Å². The summed E-state index contributed by atoms with van der Waals surface area (Å²) < 4.78 is 7.08. The molecule has 0 radical (unpaired) electrons. The first-order valence-electron chi connectivity index (χ1n) is 8.27. The highest BCUT2D eigenvalue weighted by Gasteiger charge is 2.44. The normalized spacial score (nSPS) is 25.7. The maximum atomic E-state index is 10.2. The molecule has 4 N–H and O–H groups in total. The smallest absolute Gasteiger partial charge is 0.167 e. The van der Waals surface area contributed by atoms with E-state index in [9.17, 15) is 15.3 Å². The number of hydrogen-bond acceptors (Lipinski definition) is 8. The van der Waals surface area contributed by atoms with Crippen LogP contribution in [-0.4, -0.2) is 59.8 Å². The van der Waals surface area contributed by atoms with Crippen molar-refractivity contribution in [2.45, 2.75) is 31.1 Å². The van der Waals surface area contributed by atoms with Crippen LogP contribution < -0.4 is 5.32 Å². The molecule has 1 aliphatic heterocycles. The number of rotatable bonds is 5. The number of ether oxygens (including phenoxy) is 1. The summed E-state index contributed by atoms with van der Waals surface area (Å²) in [6.45, 7) is 0.188. The van der Waals surface area contributed by atoms with Crippen LogP contribution in [0.2, 0.25) is 0 Å². The van der Waals surface area contributed by atoms with Crippen molar-refractivity contribution in [2.75, 3.05) is 11.9 Å². The number of hydrogen-bond donors (Lipinski definition) is 4. The zero-order valence-electron chi connectivity index (χ0n) is 13.8. The van der Waals surface area contributed by atoms with Crippen molar-refractivity contribution in [1.29, 1.82) is 0 Å². The van der Waals surface area contributed by atoms with Crippen LogP contribution in [0.15, 0.2) is 43.0 Å². The second-order valence-corrected chi connectivity index (χ2v) is 6.11. The van der Waals surface area contributed by atoms with Crippen LogP contribution in [-0.2, 0) is 11.3 Å². The second kappa shape index (κ2) is 6.96. The maximum Gasteiger partial charge on any atom is 0.167 e. The Morgan fingerprint density at radius 3 is 2.62 bits per heavy atom. The average Bonchev–Trinajstić information content (AvgIpc) is 3.23. The minimum Gasteiger partial charge on any atom is -0.394 e. The third-order valence-corrected chi connectivity index (χ3v) is 4.45. The molecule has 1 saturated heterocycles. The van der Waals surface area contributed by atoms with Gasteiger partial charge < -0.3 is 25.4 Å². The van der Waals surface area contributed by atoms with Crippen LogP contribution in [0.25, 0.3) is 11.2 Å². The van der Waals surface area contributed by atoms with Crippen LogP contribution in [0.1, 0.15) is 11.8 Å². The van der Waals surface area contributed by atoms with Crippen molar-refractivity contribution < 1.29 is 20.1 Å². The molecular weight excluding hydrogens is 338 g/mol. The second-order valence-electron chi connectivity index (χ2n) is 6.11.